The van der Waals surface area contributed by atoms with Gasteiger partial charge in [0.1, 0.15) is 0 Å². The first-order chi connectivity index (χ1) is 17.5. The fourth-order valence-corrected chi connectivity index (χ4v) is 5.69. The van der Waals surface area contributed by atoms with E-state index in [4.69, 9.17) is 0 Å². The van der Waals surface area contributed by atoms with Gasteiger partial charge in [0, 0.05) is 40.4 Å². The number of fused-ring (bicyclic) bond motifs is 2. The van der Waals surface area contributed by atoms with Crippen LogP contribution in [0.4, 0.5) is 0 Å². The Morgan fingerprint density at radius 1 is 1.31 bits per heavy atom. The van der Waals surface area contributed by atoms with Crippen LogP contribution in [0.1, 0.15) is 36.9 Å². The van der Waals surface area contributed by atoms with E-state index in [1.165, 1.54) is 0 Å². The molecule has 1 fully saturated rings. The smallest absolute Gasteiger partial charge is 0.251 e. The first-order valence-corrected chi connectivity index (χ1v) is 12.6. The van der Waals surface area contributed by atoms with Gasteiger partial charge in [-0.25, -0.2) is 0 Å². The quantitative estimate of drug-likeness (QED) is 0.519. The van der Waals surface area contributed by atoms with Gasteiger partial charge in [-0.15, -0.1) is 0 Å². The second kappa shape index (κ2) is 9.02. The Bertz CT molecular complexity index is 1410. The molecule has 6 rings (SSSR count). The normalized spacial score (nSPS) is 27.2. The van der Waals surface area contributed by atoms with Crippen LogP contribution in [0, 0.1) is 12.8 Å². The van der Waals surface area contributed by atoms with Gasteiger partial charge in [0.15, 0.2) is 0 Å². The number of carbonyl (C=O) groups excluding carboxylic acids is 1. The van der Waals surface area contributed by atoms with Crippen molar-refractivity contribution in [3.63, 3.8) is 0 Å². The maximum atomic E-state index is 13.3. The Balaban J connectivity index is 1.14. The molecule has 4 atom stereocenters. The topological polar surface area (TPSA) is 104 Å². The number of aliphatic hydroxyl groups is 1. The van der Waals surface area contributed by atoms with Crippen LogP contribution in [-0.4, -0.2) is 49.2 Å². The van der Waals surface area contributed by atoms with E-state index in [2.05, 4.69) is 25.9 Å². The number of nitrogens with zero attached hydrogens (tertiary/aromatic N) is 4. The first kappa shape index (κ1) is 22.7. The van der Waals surface area contributed by atoms with Gasteiger partial charge in [-0.2, -0.15) is 10.2 Å². The number of nitrogens with one attached hydrogen (secondary N) is 2. The fourth-order valence-electron chi connectivity index (χ4n) is 5.69. The molecule has 2 aromatic heterocycles. The van der Waals surface area contributed by atoms with Gasteiger partial charge >= 0.3 is 0 Å². The lowest BCUT2D eigenvalue weighted by Gasteiger charge is -2.37. The number of aryl methyl sites for hydroxylation is 1. The number of aromatic nitrogens is 3. The maximum Gasteiger partial charge on any atom is 0.251 e. The van der Waals surface area contributed by atoms with E-state index in [9.17, 15) is 9.90 Å². The Kier molecular flexibility index (Phi) is 5.68. The molecule has 1 amide bonds. The van der Waals surface area contributed by atoms with E-state index in [0.29, 0.717) is 25.0 Å². The monoisotopic (exact) mass is 482 g/mol. The van der Waals surface area contributed by atoms with Gasteiger partial charge in [-0.05, 0) is 50.8 Å². The molecule has 1 saturated carbocycles. The first-order valence-electron chi connectivity index (χ1n) is 12.6. The minimum atomic E-state index is -0.915. The second-order valence-electron chi connectivity index (χ2n) is 10.2. The Hall–Kier alpha value is -3.78. The molecule has 3 aliphatic rings. The third-order valence-corrected chi connectivity index (χ3v) is 7.48. The third kappa shape index (κ3) is 4.33. The molecular formula is C28H30N6O2. The van der Waals surface area contributed by atoms with Crippen LogP contribution in [0.25, 0.3) is 10.9 Å². The van der Waals surface area contributed by atoms with E-state index in [1.807, 2.05) is 72.4 Å². The lowest BCUT2D eigenvalue weighted by Crippen LogP contribution is -2.48. The molecule has 0 radical (unpaired) electrons. The van der Waals surface area contributed by atoms with E-state index in [-0.39, 0.29) is 23.9 Å². The Labute approximate surface area is 209 Å². The highest BCUT2D eigenvalue weighted by Gasteiger charge is 2.37. The predicted molar refractivity (Wildman–Crippen MR) is 138 cm³/mol. The van der Waals surface area contributed by atoms with Crippen molar-refractivity contribution in [1.82, 2.24) is 25.5 Å². The molecule has 2 unspecified atom stereocenters. The SMILES string of the molecule is Cc1cc(C2=NNC3C=CC(C(=O)N[C@@H]4CCC[C@](O)(Cn5ncc6ccccc65)C4)=CC23)ccn1. The zero-order valence-electron chi connectivity index (χ0n) is 20.3. The molecule has 0 saturated heterocycles. The zero-order chi connectivity index (χ0) is 24.7. The van der Waals surface area contributed by atoms with Gasteiger partial charge < -0.3 is 15.8 Å². The van der Waals surface area contributed by atoms with Crippen molar-refractivity contribution in [2.75, 3.05) is 0 Å². The number of hydrogen-bond donors (Lipinski definition) is 3. The van der Waals surface area contributed by atoms with Crippen LogP contribution in [0.2, 0.25) is 0 Å². The number of para-hydroxylation sites is 1. The Morgan fingerprint density at radius 2 is 2.19 bits per heavy atom. The summed E-state index contributed by atoms with van der Waals surface area (Å²) in [5.74, 6) is -0.130. The highest BCUT2D eigenvalue weighted by molar-refractivity contribution is 6.06. The van der Waals surface area contributed by atoms with E-state index >= 15 is 0 Å². The van der Waals surface area contributed by atoms with Crippen LogP contribution in [-0.2, 0) is 11.3 Å². The minimum absolute atomic E-state index is 0.0195. The number of amides is 1. The lowest BCUT2D eigenvalue weighted by molar-refractivity contribution is -0.119. The molecule has 184 valence electrons. The van der Waals surface area contributed by atoms with E-state index < -0.39 is 5.60 Å². The van der Waals surface area contributed by atoms with Gasteiger partial charge in [0.25, 0.3) is 5.91 Å². The summed E-state index contributed by atoms with van der Waals surface area (Å²) in [6.07, 6.45) is 12.4. The molecule has 36 heavy (non-hydrogen) atoms. The molecule has 1 aromatic carbocycles. The number of benzene rings is 1. The molecule has 3 N–H and O–H groups in total. The lowest BCUT2D eigenvalue weighted by atomic mass is 9.81. The molecule has 3 heterocycles. The third-order valence-electron chi connectivity index (χ3n) is 7.48. The summed E-state index contributed by atoms with van der Waals surface area (Å²) in [6, 6.07) is 11.9. The van der Waals surface area contributed by atoms with Crippen molar-refractivity contribution in [3.8, 4) is 0 Å². The highest BCUT2D eigenvalue weighted by Crippen LogP contribution is 2.32. The number of hydrogen-bond acceptors (Lipinski definition) is 6. The molecule has 2 aliphatic carbocycles. The molecule has 3 aromatic rings. The van der Waals surface area contributed by atoms with Gasteiger partial charge in [0.2, 0.25) is 0 Å². The van der Waals surface area contributed by atoms with Crippen molar-refractivity contribution >= 4 is 22.5 Å². The summed E-state index contributed by atoms with van der Waals surface area (Å²) in [7, 11) is 0. The standard InChI is InChI=1S/C28H30N6O2/c1-18-13-19(10-12-29-18)26-23-14-20(8-9-24(23)32-33-26)27(35)31-22-6-4-11-28(36,15-22)17-34-25-7-3-2-5-21(25)16-30-34/h2-3,5,7-10,12-14,16,22-24,32,36H,4,6,11,15,17H2,1H3,(H,31,35)/t22-,23?,24?,28-/m1/s1. The van der Waals surface area contributed by atoms with Gasteiger partial charge in [0.05, 0.1) is 35.6 Å². The molecule has 0 bridgehead atoms. The molecule has 8 heteroatoms. The van der Waals surface area contributed by atoms with Crippen molar-refractivity contribution in [1.29, 1.82) is 0 Å². The maximum absolute atomic E-state index is 13.3. The average Bonchev–Trinajstić information content (AvgIpc) is 3.48. The van der Waals surface area contributed by atoms with Crippen LogP contribution < -0.4 is 10.7 Å². The van der Waals surface area contributed by atoms with Crippen molar-refractivity contribution < 1.29 is 9.90 Å². The van der Waals surface area contributed by atoms with E-state index in [0.717, 1.165) is 40.7 Å². The number of hydrazone groups is 1. The average molecular weight is 483 g/mol. The fraction of sp³-hybridized carbons (Fsp3) is 0.357. The van der Waals surface area contributed by atoms with Crippen molar-refractivity contribution in [3.05, 3.63) is 83.9 Å². The number of pyridine rings is 1. The van der Waals surface area contributed by atoms with Gasteiger partial charge in [-0.3, -0.25) is 14.5 Å². The molecular weight excluding hydrogens is 452 g/mol. The second-order valence-corrected chi connectivity index (χ2v) is 10.2. The van der Waals surface area contributed by atoms with Gasteiger partial charge in [-0.1, -0.05) is 36.4 Å². The highest BCUT2D eigenvalue weighted by atomic mass is 16.3. The number of carbonyl (C=O) groups is 1. The van der Waals surface area contributed by atoms with Crippen LogP contribution in [0.5, 0.6) is 0 Å². The molecule has 8 nitrogen and oxygen atoms in total. The molecule has 0 spiro atoms. The Morgan fingerprint density at radius 3 is 3.08 bits per heavy atom. The van der Waals surface area contributed by atoms with Crippen LogP contribution in [0.3, 0.4) is 0 Å². The van der Waals surface area contributed by atoms with Crippen molar-refractivity contribution in [2.24, 2.45) is 11.0 Å². The molecule has 1 aliphatic heterocycles. The minimum Gasteiger partial charge on any atom is -0.388 e. The predicted octanol–water partition coefficient (Wildman–Crippen LogP) is 3.02. The summed E-state index contributed by atoms with van der Waals surface area (Å²) in [5.41, 5.74) is 6.76. The summed E-state index contributed by atoms with van der Waals surface area (Å²) < 4.78 is 1.88. The zero-order valence-corrected chi connectivity index (χ0v) is 20.3. The van der Waals surface area contributed by atoms with Crippen molar-refractivity contribution in [2.45, 2.75) is 56.8 Å². The number of rotatable bonds is 5. The van der Waals surface area contributed by atoms with E-state index in [1.54, 1.807) is 6.20 Å². The van der Waals surface area contributed by atoms with Crippen LogP contribution in [0.15, 0.2) is 77.7 Å². The summed E-state index contributed by atoms with van der Waals surface area (Å²) in [4.78, 5) is 17.5. The largest absolute Gasteiger partial charge is 0.388 e. The van der Waals surface area contributed by atoms with Crippen LogP contribution >= 0.6 is 0 Å². The summed E-state index contributed by atoms with van der Waals surface area (Å²) >= 11 is 0. The summed E-state index contributed by atoms with van der Waals surface area (Å²) in [6.45, 7) is 2.37. The summed E-state index contributed by atoms with van der Waals surface area (Å²) in [5, 5.41) is 24.7.